The van der Waals surface area contributed by atoms with Crippen molar-refractivity contribution in [3.05, 3.63) is 29.8 Å². The fourth-order valence-corrected chi connectivity index (χ4v) is 3.62. The number of benzene rings is 1. The molecule has 3 heteroatoms. The van der Waals surface area contributed by atoms with Gasteiger partial charge in [0.15, 0.2) is 0 Å². The summed E-state index contributed by atoms with van der Waals surface area (Å²) in [5.74, 6) is 1.09. The topological polar surface area (TPSA) is 30.5 Å². The largest absolute Gasteiger partial charge is 0.487 e. The van der Waals surface area contributed by atoms with Crippen molar-refractivity contribution in [2.45, 2.75) is 50.2 Å². The molecule has 1 aromatic carbocycles. The van der Waals surface area contributed by atoms with Crippen molar-refractivity contribution in [2.24, 2.45) is 0 Å². The van der Waals surface area contributed by atoms with E-state index < -0.39 is 0 Å². The van der Waals surface area contributed by atoms with Crippen LogP contribution in [0.5, 0.6) is 5.75 Å². The van der Waals surface area contributed by atoms with E-state index in [0.29, 0.717) is 6.04 Å². The molecular weight excluding hydrogens is 250 g/mol. The Kier molecular flexibility index (Phi) is 4.27. The van der Waals surface area contributed by atoms with Gasteiger partial charge in [0.1, 0.15) is 11.4 Å². The second-order valence-electron chi connectivity index (χ2n) is 6.09. The molecule has 1 unspecified atom stereocenters. The Balaban J connectivity index is 1.73. The van der Waals surface area contributed by atoms with Crippen LogP contribution in [0, 0.1) is 0 Å². The van der Waals surface area contributed by atoms with Gasteiger partial charge in [-0.15, -0.1) is 0 Å². The quantitative estimate of drug-likeness (QED) is 0.835. The Morgan fingerprint density at radius 3 is 2.90 bits per heavy atom. The molecule has 0 amide bonds. The zero-order valence-electron chi connectivity index (χ0n) is 12.4. The highest BCUT2D eigenvalue weighted by Gasteiger charge is 2.42. The molecule has 1 atom stereocenters. The zero-order valence-corrected chi connectivity index (χ0v) is 12.4. The summed E-state index contributed by atoms with van der Waals surface area (Å²) in [6, 6.07) is 8.94. The van der Waals surface area contributed by atoms with Crippen LogP contribution < -0.4 is 10.1 Å². The number of nitrogens with one attached hydrogen (secondary N) is 1. The maximum absolute atomic E-state index is 6.37. The summed E-state index contributed by atoms with van der Waals surface area (Å²) in [7, 11) is 1.76. The van der Waals surface area contributed by atoms with Gasteiger partial charge in [0, 0.05) is 31.7 Å². The molecule has 0 saturated heterocycles. The molecule has 1 saturated carbocycles. The van der Waals surface area contributed by atoms with E-state index in [1.807, 2.05) is 0 Å². The van der Waals surface area contributed by atoms with E-state index in [4.69, 9.17) is 9.47 Å². The monoisotopic (exact) mass is 275 g/mol. The molecule has 1 N–H and O–H groups in total. The lowest BCUT2D eigenvalue weighted by Gasteiger charge is -2.40. The summed E-state index contributed by atoms with van der Waals surface area (Å²) in [5.41, 5.74) is 1.41. The highest BCUT2D eigenvalue weighted by molar-refractivity contribution is 5.39. The summed E-state index contributed by atoms with van der Waals surface area (Å²) < 4.78 is 11.5. The van der Waals surface area contributed by atoms with Crippen molar-refractivity contribution in [1.29, 1.82) is 0 Å². The van der Waals surface area contributed by atoms with Crippen LogP contribution >= 0.6 is 0 Å². The second kappa shape index (κ2) is 6.15. The molecule has 20 heavy (non-hydrogen) atoms. The van der Waals surface area contributed by atoms with E-state index in [1.54, 1.807) is 7.11 Å². The van der Waals surface area contributed by atoms with Crippen LogP contribution in [0.15, 0.2) is 24.3 Å². The number of para-hydroxylation sites is 1. The van der Waals surface area contributed by atoms with Gasteiger partial charge in [-0.25, -0.2) is 0 Å². The third-order valence-corrected chi connectivity index (χ3v) is 4.63. The van der Waals surface area contributed by atoms with Gasteiger partial charge in [-0.2, -0.15) is 0 Å². The minimum Gasteiger partial charge on any atom is -0.487 e. The maximum Gasteiger partial charge on any atom is 0.124 e. The van der Waals surface area contributed by atoms with Crippen LogP contribution in [0.1, 0.15) is 50.1 Å². The van der Waals surface area contributed by atoms with Crippen molar-refractivity contribution in [3.8, 4) is 5.75 Å². The summed E-state index contributed by atoms with van der Waals surface area (Å²) in [6.45, 7) is 1.83. The van der Waals surface area contributed by atoms with Gasteiger partial charge in [-0.3, -0.25) is 0 Å². The van der Waals surface area contributed by atoms with E-state index in [9.17, 15) is 0 Å². The van der Waals surface area contributed by atoms with Crippen LogP contribution in [0.2, 0.25) is 0 Å². The van der Waals surface area contributed by atoms with Crippen molar-refractivity contribution in [1.82, 2.24) is 5.32 Å². The molecule has 0 bridgehead atoms. The number of rotatable bonds is 5. The summed E-state index contributed by atoms with van der Waals surface area (Å²) in [5, 5.41) is 3.70. The third-order valence-electron chi connectivity index (χ3n) is 4.63. The second-order valence-corrected chi connectivity index (χ2v) is 6.09. The molecular formula is C17H25NO2. The Morgan fingerprint density at radius 2 is 2.10 bits per heavy atom. The average molecular weight is 275 g/mol. The Morgan fingerprint density at radius 1 is 1.30 bits per heavy atom. The van der Waals surface area contributed by atoms with Crippen molar-refractivity contribution in [3.63, 3.8) is 0 Å². The number of fused-ring (bicyclic) bond motifs is 1. The third kappa shape index (κ3) is 2.84. The Hall–Kier alpha value is -1.06. The van der Waals surface area contributed by atoms with Crippen molar-refractivity contribution < 1.29 is 9.47 Å². The Bertz CT molecular complexity index is 440. The first-order valence-corrected chi connectivity index (χ1v) is 7.83. The molecule has 1 aliphatic carbocycles. The van der Waals surface area contributed by atoms with Gasteiger partial charge in [0.2, 0.25) is 0 Å². The predicted octanol–water partition coefficient (Wildman–Crippen LogP) is 3.45. The highest BCUT2D eigenvalue weighted by Crippen LogP contribution is 2.46. The molecule has 3 nitrogen and oxygen atoms in total. The van der Waals surface area contributed by atoms with Gasteiger partial charge in [-0.05, 0) is 44.7 Å². The van der Waals surface area contributed by atoms with E-state index in [2.05, 4.69) is 29.6 Å². The smallest absolute Gasteiger partial charge is 0.124 e. The van der Waals surface area contributed by atoms with Gasteiger partial charge < -0.3 is 14.8 Å². The fourth-order valence-electron chi connectivity index (χ4n) is 3.62. The number of hydrogen-bond donors (Lipinski definition) is 1. The van der Waals surface area contributed by atoms with E-state index in [-0.39, 0.29) is 5.60 Å². The maximum atomic E-state index is 6.37. The van der Waals surface area contributed by atoms with Crippen LogP contribution in [0.4, 0.5) is 0 Å². The van der Waals surface area contributed by atoms with Crippen LogP contribution in [0.3, 0.4) is 0 Å². The molecule has 1 heterocycles. The lowest BCUT2D eigenvalue weighted by molar-refractivity contribution is 0.0364. The first kappa shape index (κ1) is 13.9. The van der Waals surface area contributed by atoms with Gasteiger partial charge >= 0.3 is 0 Å². The molecule has 0 radical (unpaired) electrons. The fraction of sp³-hybridized carbons (Fsp3) is 0.647. The van der Waals surface area contributed by atoms with Crippen LogP contribution in [0.25, 0.3) is 0 Å². The van der Waals surface area contributed by atoms with Crippen LogP contribution in [-0.4, -0.2) is 25.9 Å². The average Bonchev–Trinajstić information content (AvgIpc) is 2.91. The van der Waals surface area contributed by atoms with Gasteiger partial charge in [0.05, 0.1) is 0 Å². The lowest BCUT2D eigenvalue weighted by Crippen LogP contribution is -2.42. The number of methoxy groups -OCH3 is 1. The van der Waals surface area contributed by atoms with E-state index in [1.165, 1.54) is 31.2 Å². The Labute approximate surface area is 121 Å². The van der Waals surface area contributed by atoms with Crippen LogP contribution in [-0.2, 0) is 4.74 Å². The lowest BCUT2D eigenvalue weighted by atomic mass is 9.86. The molecule has 3 rings (SSSR count). The van der Waals surface area contributed by atoms with E-state index >= 15 is 0 Å². The molecule has 0 aromatic heterocycles. The SMILES string of the molecule is COCCCNC1CC2(CCCC2)Oc2ccccc21. The molecule has 2 aliphatic rings. The minimum absolute atomic E-state index is 0.0906. The molecule has 1 spiro atoms. The van der Waals surface area contributed by atoms with E-state index in [0.717, 1.165) is 31.7 Å². The van der Waals surface area contributed by atoms with Crippen molar-refractivity contribution in [2.75, 3.05) is 20.3 Å². The summed E-state index contributed by atoms with van der Waals surface area (Å²) >= 11 is 0. The highest BCUT2D eigenvalue weighted by atomic mass is 16.5. The first-order valence-electron chi connectivity index (χ1n) is 7.83. The minimum atomic E-state index is 0.0906. The molecule has 1 aromatic rings. The standard InChI is InChI=1S/C17H25NO2/c1-19-12-6-11-18-15-13-17(9-4-5-10-17)20-16-8-3-2-7-14(15)16/h2-3,7-8,15,18H,4-6,9-13H2,1H3. The van der Waals surface area contributed by atoms with Gasteiger partial charge in [-0.1, -0.05) is 18.2 Å². The summed E-state index contributed by atoms with van der Waals surface area (Å²) in [6.07, 6.45) is 7.19. The van der Waals surface area contributed by atoms with Crippen molar-refractivity contribution >= 4 is 0 Å². The molecule has 1 fully saturated rings. The number of ether oxygens (including phenoxy) is 2. The van der Waals surface area contributed by atoms with Gasteiger partial charge in [0.25, 0.3) is 0 Å². The summed E-state index contributed by atoms with van der Waals surface area (Å²) in [4.78, 5) is 0. The first-order chi connectivity index (χ1) is 9.83. The number of hydrogen-bond acceptors (Lipinski definition) is 3. The molecule has 1 aliphatic heterocycles. The zero-order chi connectivity index (χ0) is 13.8. The molecule has 110 valence electrons. The predicted molar refractivity (Wildman–Crippen MR) is 80.1 cm³/mol. The normalized spacial score (nSPS) is 23.6.